The van der Waals surface area contributed by atoms with Crippen molar-refractivity contribution in [3.63, 3.8) is 0 Å². The third-order valence-electron chi connectivity index (χ3n) is 4.62. The Morgan fingerprint density at radius 1 is 1.15 bits per heavy atom. The molecule has 0 bridgehead atoms. The van der Waals surface area contributed by atoms with E-state index in [0.29, 0.717) is 11.0 Å². The van der Waals surface area contributed by atoms with Gasteiger partial charge in [-0.2, -0.15) is 5.10 Å². The monoisotopic (exact) mass is 449 g/mol. The molecule has 1 atom stereocenters. The highest BCUT2D eigenvalue weighted by Crippen LogP contribution is 2.13. The van der Waals surface area contributed by atoms with E-state index in [1.807, 2.05) is 43.3 Å². The van der Waals surface area contributed by atoms with Gasteiger partial charge in [0.25, 0.3) is 5.91 Å². The first kappa shape index (κ1) is 23.7. The number of ether oxygens (including phenoxy) is 1. The van der Waals surface area contributed by atoms with Gasteiger partial charge < -0.3 is 14.5 Å². The number of hydrogen-bond acceptors (Lipinski definition) is 6. The topological polar surface area (TPSA) is 110 Å². The number of carbonyl (C=O) groups is 2. The standard InChI is InChI=1S/C25H27N3O5/c1-16-10-11-21-19(12-16)22(29)18(15-32-21)14-26-28-23(30)20(13-17-8-6-5-7-9-17)27-24(31)33-25(2,3)4/h5-12,14-15,20H,13H2,1-4H3,(H,27,31)(H,28,30)/b26-14+. The van der Waals surface area contributed by atoms with Gasteiger partial charge in [0.15, 0.2) is 0 Å². The first-order valence-electron chi connectivity index (χ1n) is 10.5. The summed E-state index contributed by atoms with van der Waals surface area (Å²) in [6.07, 6.45) is 2.03. The first-order chi connectivity index (χ1) is 15.6. The van der Waals surface area contributed by atoms with Gasteiger partial charge in [-0.05, 0) is 45.4 Å². The molecular weight excluding hydrogens is 422 g/mol. The minimum atomic E-state index is -0.935. The summed E-state index contributed by atoms with van der Waals surface area (Å²) in [6, 6.07) is 13.6. The first-order valence-corrected chi connectivity index (χ1v) is 10.5. The van der Waals surface area contributed by atoms with Gasteiger partial charge in [0.2, 0.25) is 5.43 Å². The Morgan fingerprint density at radius 3 is 2.58 bits per heavy atom. The zero-order chi connectivity index (χ0) is 24.0. The number of alkyl carbamates (subject to hydrolysis) is 1. The molecular formula is C25H27N3O5. The van der Waals surface area contributed by atoms with Gasteiger partial charge in [-0.25, -0.2) is 10.2 Å². The van der Waals surface area contributed by atoms with Crippen molar-refractivity contribution in [2.75, 3.05) is 0 Å². The number of fused-ring (bicyclic) bond motifs is 1. The molecule has 8 nitrogen and oxygen atoms in total. The molecule has 0 radical (unpaired) electrons. The molecule has 0 fully saturated rings. The Hall–Kier alpha value is -3.94. The van der Waals surface area contributed by atoms with Crippen molar-refractivity contribution < 1.29 is 18.7 Å². The summed E-state index contributed by atoms with van der Waals surface area (Å²) in [4.78, 5) is 37.7. The maximum Gasteiger partial charge on any atom is 0.408 e. The zero-order valence-corrected chi connectivity index (χ0v) is 19.0. The molecule has 2 amide bonds. The van der Waals surface area contributed by atoms with Crippen molar-refractivity contribution >= 4 is 29.2 Å². The van der Waals surface area contributed by atoms with Gasteiger partial charge in [-0.3, -0.25) is 9.59 Å². The summed E-state index contributed by atoms with van der Waals surface area (Å²) < 4.78 is 10.8. The van der Waals surface area contributed by atoms with Crippen molar-refractivity contribution in [2.45, 2.75) is 45.8 Å². The average Bonchev–Trinajstić information content (AvgIpc) is 2.74. The fraction of sp³-hybridized carbons (Fsp3) is 0.280. The number of benzene rings is 2. The molecule has 0 aliphatic rings. The molecule has 33 heavy (non-hydrogen) atoms. The average molecular weight is 450 g/mol. The van der Waals surface area contributed by atoms with E-state index in [9.17, 15) is 14.4 Å². The molecule has 0 saturated heterocycles. The highest BCUT2D eigenvalue weighted by molar-refractivity contribution is 5.89. The maximum atomic E-state index is 12.8. The normalized spacial score (nSPS) is 12.5. The molecule has 1 unspecified atom stereocenters. The van der Waals surface area contributed by atoms with Gasteiger partial charge >= 0.3 is 6.09 Å². The van der Waals surface area contributed by atoms with E-state index in [0.717, 1.165) is 11.1 Å². The van der Waals surface area contributed by atoms with Crippen LogP contribution < -0.4 is 16.2 Å². The number of aryl methyl sites for hydroxylation is 1. The van der Waals surface area contributed by atoms with E-state index in [1.165, 1.54) is 12.5 Å². The van der Waals surface area contributed by atoms with Crippen LogP contribution in [0.5, 0.6) is 0 Å². The molecule has 1 aromatic heterocycles. The lowest BCUT2D eigenvalue weighted by Gasteiger charge is -2.23. The lowest BCUT2D eigenvalue weighted by Crippen LogP contribution is -2.48. The third kappa shape index (κ3) is 6.77. The minimum Gasteiger partial charge on any atom is -0.463 e. The van der Waals surface area contributed by atoms with Gasteiger partial charge in [0.05, 0.1) is 17.2 Å². The Morgan fingerprint density at radius 2 is 1.88 bits per heavy atom. The molecule has 2 N–H and O–H groups in total. The second-order valence-electron chi connectivity index (χ2n) is 8.64. The second kappa shape index (κ2) is 10.1. The van der Waals surface area contributed by atoms with E-state index in [-0.39, 0.29) is 17.4 Å². The lowest BCUT2D eigenvalue weighted by atomic mass is 10.1. The maximum absolute atomic E-state index is 12.8. The fourth-order valence-corrected chi connectivity index (χ4v) is 3.10. The van der Waals surface area contributed by atoms with Gasteiger partial charge in [-0.15, -0.1) is 0 Å². The molecule has 172 valence electrons. The minimum absolute atomic E-state index is 0.188. The van der Waals surface area contributed by atoms with Crippen LogP contribution in [0.2, 0.25) is 0 Å². The van der Waals surface area contributed by atoms with E-state index in [2.05, 4.69) is 15.8 Å². The molecule has 2 aromatic carbocycles. The van der Waals surface area contributed by atoms with Crippen LogP contribution in [0.15, 0.2) is 69.1 Å². The highest BCUT2D eigenvalue weighted by atomic mass is 16.6. The summed E-state index contributed by atoms with van der Waals surface area (Å²) in [5.74, 6) is -0.554. The van der Waals surface area contributed by atoms with Crippen LogP contribution in [0.1, 0.15) is 37.5 Å². The van der Waals surface area contributed by atoms with Gasteiger partial charge in [0.1, 0.15) is 23.5 Å². The number of amides is 2. The van der Waals surface area contributed by atoms with Crippen molar-refractivity contribution in [3.05, 3.63) is 81.7 Å². The van der Waals surface area contributed by atoms with Crippen LogP contribution >= 0.6 is 0 Å². The summed E-state index contributed by atoms with van der Waals surface area (Å²) in [5.41, 5.74) is 3.85. The lowest BCUT2D eigenvalue weighted by molar-refractivity contribution is -0.123. The van der Waals surface area contributed by atoms with Crippen LogP contribution in [0.3, 0.4) is 0 Å². The third-order valence-corrected chi connectivity index (χ3v) is 4.62. The molecule has 3 rings (SSSR count). The van der Waals surface area contributed by atoms with Gasteiger partial charge in [-0.1, -0.05) is 42.0 Å². The summed E-state index contributed by atoms with van der Waals surface area (Å²) in [6.45, 7) is 7.09. The zero-order valence-electron chi connectivity index (χ0n) is 19.0. The second-order valence-corrected chi connectivity index (χ2v) is 8.64. The Kier molecular flexibility index (Phi) is 7.27. The van der Waals surface area contributed by atoms with Crippen molar-refractivity contribution in [3.8, 4) is 0 Å². The SMILES string of the molecule is Cc1ccc2occ(/C=N/NC(=O)C(Cc3ccccc3)NC(=O)OC(C)(C)C)c(=O)c2c1. The smallest absolute Gasteiger partial charge is 0.408 e. The molecule has 0 aliphatic carbocycles. The fourth-order valence-electron chi connectivity index (χ4n) is 3.10. The summed E-state index contributed by atoms with van der Waals surface area (Å²) >= 11 is 0. The number of nitrogens with one attached hydrogen (secondary N) is 2. The quantitative estimate of drug-likeness (QED) is 0.441. The van der Waals surface area contributed by atoms with Crippen LogP contribution in [-0.4, -0.2) is 29.9 Å². The molecule has 8 heteroatoms. The van der Waals surface area contributed by atoms with Gasteiger partial charge in [0, 0.05) is 6.42 Å². The van der Waals surface area contributed by atoms with E-state index in [1.54, 1.807) is 32.9 Å². The number of nitrogens with zero attached hydrogens (tertiary/aromatic N) is 1. The molecule has 1 heterocycles. The number of rotatable bonds is 6. The predicted octanol–water partition coefficient (Wildman–Crippen LogP) is 3.69. The van der Waals surface area contributed by atoms with E-state index >= 15 is 0 Å². The van der Waals surface area contributed by atoms with Crippen molar-refractivity contribution in [1.82, 2.24) is 10.7 Å². The van der Waals surface area contributed by atoms with Crippen molar-refractivity contribution in [1.29, 1.82) is 0 Å². The Bertz CT molecular complexity index is 1230. The highest BCUT2D eigenvalue weighted by Gasteiger charge is 2.24. The summed E-state index contributed by atoms with van der Waals surface area (Å²) in [7, 11) is 0. The number of carbonyl (C=O) groups excluding carboxylic acids is 2. The van der Waals surface area contributed by atoms with Crippen molar-refractivity contribution in [2.24, 2.45) is 5.10 Å². The number of hydrazone groups is 1. The Labute approximate surface area is 191 Å². The molecule has 3 aromatic rings. The van der Waals surface area contributed by atoms with Crippen LogP contribution in [0.4, 0.5) is 4.79 Å². The molecule has 0 saturated carbocycles. The molecule has 0 aliphatic heterocycles. The van der Waals surface area contributed by atoms with E-state index < -0.39 is 23.6 Å². The predicted molar refractivity (Wildman–Crippen MR) is 126 cm³/mol. The van der Waals surface area contributed by atoms with Crippen LogP contribution in [0, 0.1) is 6.92 Å². The van der Waals surface area contributed by atoms with Crippen LogP contribution in [-0.2, 0) is 16.0 Å². The molecule has 0 spiro atoms. The number of hydrogen-bond donors (Lipinski definition) is 2. The largest absolute Gasteiger partial charge is 0.463 e. The Balaban J connectivity index is 1.75. The van der Waals surface area contributed by atoms with Crippen LogP contribution in [0.25, 0.3) is 11.0 Å². The van der Waals surface area contributed by atoms with E-state index in [4.69, 9.17) is 9.15 Å². The summed E-state index contributed by atoms with van der Waals surface area (Å²) in [5, 5.41) is 6.91.